The molecular formula is C14H19FN2O. The van der Waals surface area contributed by atoms with Crippen molar-refractivity contribution in [2.24, 2.45) is 11.7 Å². The molecule has 1 saturated heterocycles. The van der Waals surface area contributed by atoms with E-state index in [2.05, 4.69) is 6.92 Å². The molecule has 1 aliphatic rings. The smallest absolute Gasteiger partial charge is 0.223 e. The van der Waals surface area contributed by atoms with Crippen LogP contribution < -0.4 is 5.73 Å². The Kier molecular flexibility index (Phi) is 3.97. The predicted molar refractivity (Wildman–Crippen MR) is 68.1 cm³/mol. The number of rotatable bonds is 4. The molecule has 1 aromatic carbocycles. The summed E-state index contributed by atoms with van der Waals surface area (Å²) >= 11 is 0. The molecule has 1 aromatic rings. The molecule has 4 heteroatoms. The van der Waals surface area contributed by atoms with Crippen LogP contribution in [0, 0.1) is 11.7 Å². The summed E-state index contributed by atoms with van der Waals surface area (Å²) < 4.78 is 13.8. The van der Waals surface area contributed by atoms with Crippen LogP contribution in [0.4, 0.5) is 4.39 Å². The number of likely N-dealkylation sites (tertiary alicyclic amines) is 1. The molecule has 0 radical (unpaired) electrons. The standard InChI is InChI=1S/C14H19FN2O/c1-2-10-6-14(18)17(8-10)9-12-4-3-11(7-16)5-13(12)15/h3-5,10H,2,6-9,16H2,1H3. The summed E-state index contributed by atoms with van der Waals surface area (Å²) in [7, 11) is 0. The summed E-state index contributed by atoms with van der Waals surface area (Å²) in [6, 6.07) is 4.99. The number of carbonyl (C=O) groups excluding carboxylic acids is 1. The summed E-state index contributed by atoms with van der Waals surface area (Å²) in [6.45, 7) is 3.52. The first-order valence-electron chi connectivity index (χ1n) is 6.39. The molecule has 0 aromatic heterocycles. The van der Waals surface area contributed by atoms with Crippen molar-refractivity contribution in [3.8, 4) is 0 Å². The number of amides is 1. The van der Waals surface area contributed by atoms with Crippen LogP contribution in [-0.2, 0) is 17.9 Å². The molecule has 1 aliphatic heterocycles. The number of halogens is 1. The molecule has 0 bridgehead atoms. The second-order valence-electron chi connectivity index (χ2n) is 4.88. The molecule has 0 saturated carbocycles. The predicted octanol–water partition coefficient (Wildman–Crippen LogP) is 2.04. The summed E-state index contributed by atoms with van der Waals surface area (Å²) in [5.41, 5.74) is 6.80. The van der Waals surface area contributed by atoms with Crippen LogP contribution in [0.2, 0.25) is 0 Å². The monoisotopic (exact) mass is 250 g/mol. The molecule has 1 atom stereocenters. The van der Waals surface area contributed by atoms with Gasteiger partial charge < -0.3 is 10.6 Å². The van der Waals surface area contributed by atoms with Gasteiger partial charge in [0.05, 0.1) is 0 Å². The van der Waals surface area contributed by atoms with Crippen molar-refractivity contribution in [3.05, 3.63) is 35.1 Å². The van der Waals surface area contributed by atoms with Crippen LogP contribution >= 0.6 is 0 Å². The van der Waals surface area contributed by atoms with E-state index >= 15 is 0 Å². The Labute approximate surface area is 107 Å². The lowest BCUT2D eigenvalue weighted by atomic mass is 10.1. The zero-order valence-corrected chi connectivity index (χ0v) is 10.7. The van der Waals surface area contributed by atoms with Gasteiger partial charge in [0.25, 0.3) is 0 Å². The third-order valence-corrected chi connectivity index (χ3v) is 3.59. The molecule has 1 amide bonds. The zero-order valence-electron chi connectivity index (χ0n) is 10.7. The minimum Gasteiger partial charge on any atom is -0.338 e. The maximum Gasteiger partial charge on any atom is 0.223 e. The van der Waals surface area contributed by atoms with E-state index in [9.17, 15) is 9.18 Å². The fraction of sp³-hybridized carbons (Fsp3) is 0.500. The zero-order chi connectivity index (χ0) is 13.1. The highest BCUT2D eigenvalue weighted by atomic mass is 19.1. The van der Waals surface area contributed by atoms with Crippen molar-refractivity contribution in [2.45, 2.75) is 32.9 Å². The SMILES string of the molecule is CCC1CC(=O)N(Cc2ccc(CN)cc2F)C1. The lowest BCUT2D eigenvalue weighted by molar-refractivity contribution is -0.128. The highest BCUT2D eigenvalue weighted by molar-refractivity contribution is 5.78. The molecule has 2 N–H and O–H groups in total. The van der Waals surface area contributed by atoms with E-state index in [1.54, 1.807) is 11.0 Å². The number of nitrogens with two attached hydrogens (primary N) is 1. The Bertz CT molecular complexity index is 447. The third-order valence-electron chi connectivity index (χ3n) is 3.59. The molecule has 1 unspecified atom stereocenters. The van der Waals surface area contributed by atoms with E-state index in [1.165, 1.54) is 6.07 Å². The Morgan fingerprint density at radius 3 is 2.83 bits per heavy atom. The molecular weight excluding hydrogens is 231 g/mol. The van der Waals surface area contributed by atoms with Crippen LogP contribution in [0.5, 0.6) is 0 Å². The molecule has 1 fully saturated rings. The largest absolute Gasteiger partial charge is 0.338 e. The van der Waals surface area contributed by atoms with E-state index in [-0.39, 0.29) is 11.7 Å². The van der Waals surface area contributed by atoms with Crippen molar-refractivity contribution in [1.82, 2.24) is 4.90 Å². The van der Waals surface area contributed by atoms with Gasteiger partial charge in [-0.1, -0.05) is 25.5 Å². The molecule has 0 spiro atoms. The second-order valence-corrected chi connectivity index (χ2v) is 4.88. The highest BCUT2D eigenvalue weighted by Crippen LogP contribution is 2.23. The maximum absolute atomic E-state index is 13.8. The summed E-state index contributed by atoms with van der Waals surface area (Å²) in [5.74, 6) is 0.277. The topological polar surface area (TPSA) is 46.3 Å². The molecule has 3 nitrogen and oxygen atoms in total. The van der Waals surface area contributed by atoms with Gasteiger partial charge in [-0.3, -0.25) is 4.79 Å². The summed E-state index contributed by atoms with van der Waals surface area (Å²) in [5, 5.41) is 0. The van der Waals surface area contributed by atoms with E-state index in [0.717, 1.165) is 18.5 Å². The first-order valence-corrected chi connectivity index (χ1v) is 6.39. The van der Waals surface area contributed by atoms with Gasteiger partial charge >= 0.3 is 0 Å². The number of carbonyl (C=O) groups is 1. The number of nitrogens with zero attached hydrogens (tertiary/aromatic N) is 1. The first-order chi connectivity index (χ1) is 8.63. The van der Waals surface area contributed by atoms with Crippen LogP contribution in [0.25, 0.3) is 0 Å². The minimum absolute atomic E-state index is 0.129. The van der Waals surface area contributed by atoms with Gasteiger partial charge in [-0.05, 0) is 17.5 Å². The average Bonchev–Trinajstić information content (AvgIpc) is 2.72. The summed E-state index contributed by atoms with van der Waals surface area (Å²) in [4.78, 5) is 13.5. The second kappa shape index (κ2) is 5.48. The van der Waals surface area contributed by atoms with Crippen molar-refractivity contribution in [2.75, 3.05) is 6.54 Å². The molecule has 98 valence electrons. The quantitative estimate of drug-likeness (QED) is 0.889. The van der Waals surface area contributed by atoms with Crippen molar-refractivity contribution < 1.29 is 9.18 Å². The Morgan fingerprint density at radius 2 is 2.28 bits per heavy atom. The van der Waals surface area contributed by atoms with E-state index in [4.69, 9.17) is 5.73 Å². The Morgan fingerprint density at radius 1 is 1.50 bits per heavy atom. The molecule has 2 rings (SSSR count). The van der Waals surface area contributed by atoms with Crippen molar-refractivity contribution in [1.29, 1.82) is 0 Å². The van der Waals surface area contributed by atoms with Crippen LogP contribution in [0.15, 0.2) is 18.2 Å². The lowest BCUT2D eigenvalue weighted by Gasteiger charge is -2.17. The van der Waals surface area contributed by atoms with Gasteiger partial charge in [-0.15, -0.1) is 0 Å². The average molecular weight is 250 g/mol. The van der Waals surface area contributed by atoms with Gasteiger partial charge in [-0.25, -0.2) is 4.39 Å². The normalized spacial score (nSPS) is 19.6. The van der Waals surface area contributed by atoms with Gasteiger partial charge in [0.2, 0.25) is 5.91 Å². The fourth-order valence-corrected chi connectivity index (χ4v) is 2.33. The fourth-order valence-electron chi connectivity index (χ4n) is 2.33. The lowest BCUT2D eigenvalue weighted by Crippen LogP contribution is -2.25. The van der Waals surface area contributed by atoms with Crippen LogP contribution in [0.3, 0.4) is 0 Å². The van der Waals surface area contributed by atoms with Crippen LogP contribution in [-0.4, -0.2) is 17.4 Å². The molecule has 18 heavy (non-hydrogen) atoms. The molecule has 1 heterocycles. The first kappa shape index (κ1) is 13.0. The Hall–Kier alpha value is -1.42. The third kappa shape index (κ3) is 2.70. The van der Waals surface area contributed by atoms with E-state index < -0.39 is 0 Å². The van der Waals surface area contributed by atoms with Gasteiger partial charge in [-0.2, -0.15) is 0 Å². The highest BCUT2D eigenvalue weighted by Gasteiger charge is 2.28. The van der Waals surface area contributed by atoms with Crippen molar-refractivity contribution >= 4 is 5.91 Å². The number of hydrogen-bond donors (Lipinski definition) is 1. The maximum atomic E-state index is 13.8. The molecule has 0 aliphatic carbocycles. The summed E-state index contributed by atoms with van der Waals surface area (Å²) in [6.07, 6.45) is 1.59. The number of benzene rings is 1. The van der Waals surface area contributed by atoms with Crippen molar-refractivity contribution in [3.63, 3.8) is 0 Å². The van der Waals surface area contributed by atoms with Crippen LogP contribution in [0.1, 0.15) is 30.9 Å². The van der Waals surface area contributed by atoms with Gasteiger partial charge in [0.1, 0.15) is 5.82 Å². The minimum atomic E-state index is -0.273. The Balaban J connectivity index is 2.08. The number of hydrogen-bond acceptors (Lipinski definition) is 2. The van der Waals surface area contributed by atoms with Gasteiger partial charge in [0, 0.05) is 31.6 Å². The van der Waals surface area contributed by atoms with E-state index in [0.29, 0.717) is 31.0 Å². The van der Waals surface area contributed by atoms with Gasteiger partial charge in [0.15, 0.2) is 0 Å². The van der Waals surface area contributed by atoms with E-state index in [1.807, 2.05) is 6.07 Å².